The number of hydrogen-bond acceptors (Lipinski definition) is 3. The maximum absolute atomic E-state index is 11.3. The zero-order valence-electron chi connectivity index (χ0n) is 9.45. The maximum atomic E-state index is 11.3. The van der Waals surface area contributed by atoms with Gasteiger partial charge in [0, 0.05) is 6.54 Å². The van der Waals surface area contributed by atoms with Crippen LogP contribution in [0.4, 0.5) is 0 Å². The van der Waals surface area contributed by atoms with E-state index in [1.54, 1.807) is 0 Å². The minimum absolute atomic E-state index is 0.00655. The van der Waals surface area contributed by atoms with Gasteiger partial charge in [-0.25, -0.2) is 0 Å². The zero-order chi connectivity index (χ0) is 10.6. The van der Waals surface area contributed by atoms with Crippen LogP contribution in [0.25, 0.3) is 0 Å². The second-order valence-electron chi connectivity index (χ2n) is 4.34. The van der Waals surface area contributed by atoms with Crippen LogP contribution in [0.15, 0.2) is 0 Å². The van der Waals surface area contributed by atoms with Gasteiger partial charge in [0.25, 0.3) is 0 Å². The number of hydrogen-bond donors (Lipinski definition) is 0. The third-order valence-electron chi connectivity index (χ3n) is 2.67. The average Bonchev–Trinajstić information content (AvgIpc) is 2.50. The fourth-order valence-corrected chi connectivity index (χ4v) is 1.87. The largest absolute Gasteiger partial charge is 0.462 e. The molecule has 1 atom stereocenters. The molecule has 3 nitrogen and oxygen atoms in total. The van der Waals surface area contributed by atoms with Gasteiger partial charge in [-0.1, -0.05) is 13.3 Å². The molecular weight excluding hydrogens is 178 g/mol. The van der Waals surface area contributed by atoms with Crippen LogP contribution in [0.2, 0.25) is 0 Å². The first kappa shape index (κ1) is 11.5. The van der Waals surface area contributed by atoms with Crippen molar-refractivity contribution in [3.05, 3.63) is 0 Å². The van der Waals surface area contributed by atoms with Crippen molar-refractivity contribution in [1.29, 1.82) is 0 Å². The van der Waals surface area contributed by atoms with Crippen molar-refractivity contribution >= 4 is 5.97 Å². The van der Waals surface area contributed by atoms with E-state index in [-0.39, 0.29) is 12.1 Å². The van der Waals surface area contributed by atoms with Gasteiger partial charge in [-0.05, 0) is 32.7 Å². The summed E-state index contributed by atoms with van der Waals surface area (Å²) in [5, 5.41) is 0. The van der Waals surface area contributed by atoms with Gasteiger partial charge in [-0.3, -0.25) is 9.69 Å². The molecule has 0 saturated carbocycles. The van der Waals surface area contributed by atoms with Crippen LogP contribution in [-0.4, -0.2) is 36.6 Å². The third-order valence-corrected chi connectivity index (χ3v) is 2.67. The molecule has 82 valence electrons. The van der Waals surface area contributed by atoms with E-state index in [0.29, 0.717) is 6.54 Å². The summed E-state index contributed by atoms with van der Waals surface area (Å²) in [6.07, 6.45) is 2.45. The Labute approximate surface area is 86.4 Å². The van der Waals surface area contributed by atoms with E-state index in [2.05, 4.69) is 11.8 Å². The summed E-state index contributed by atoms with van der Waals surface area (Å²) in [5.74, 6) is 0.693. The zero-order valence-corrected chi connectivity index (χ0v) is 9.45. The molecule has 1 aliphatic rings. The topological polar surface area (TPSA) is 29.5 Å². The highest BCUT2D eigenvalue weighted by atomic mass is 16.5. The van der Waals surface area contributed by atoms with Crippen molar-refractivity contribution < 1.29 is 9.53 Å². The summed E-state index contributed by atoms with van der Waals surface area (Å²) in [6.45, 7) is 8.55. The highest BCUT2D eigenvalue weighted by molar-refractivity contribution is 5.71. The normalized spacial score (nSPS) is 23.0. The Morgan fingerprint density at radius 2 is 2.29 bits per heavy atom. The summed E-state index contributed by atoms with van der Waals surface area (Å²) < 4.78 is 5.10. The molecule has 14 heavy (non-hydrogen) atoms. The van der Waals surface area contributed by atoms with Crippen molar-refractivity contribution in [1.82, 2.24) is 4.90 Å². The van der Waals surface area contributed by atoms with E-state index >= 15 is 0 Å². The minimum atomic E-state index is -0.0863. The lowest BCUT2D eigenvalue weighted by Crippen LogP contribution is -2.30. The summed E-state index contributed by atoms with van der Waals surface area (Å²) >= 11 is 0. The SMILES string of the molecule is CCC1CCN(CC(=O)OC(C)C)C1. The minimum Gasteiger partial charge on any atom is -0.462 e. The van der Waals surface area contributed by atoms with Gasteiger partial charge in [-0.2, -0.15) is 0 Å². The quantitative estimate of drug-likeness (QED) is 0.645. The lowest BCUT2D eigenvalue weighted by atomic mass is 10.1. The van der Waals surface area contributed by atoms with Crippen LogP contribution in [0.5, 0.6) is 0 Å². The van der Waals surface area contributed by atoms with Crippen molar-refractivity contribution in [3.63, 3.8) is 0 Å². The van der Waals surface area contributed by atoms with E-state index in [4.69, 9.17) is 4.74 Å². The first-order valence-corrected chi connectivity index (χ1v) is 5.53. The fraction of sp³-hybridized carbons (Fsp3) is 0.909. The summed E-state index contributed by atoms with van der Waals surface area (Å²) in [6, 6.07) is 0. The number of likely N-dealkylation sites (tertiary alicyclic amines) is 1. The summed E-state index contributed by atoms with van der Waals surface area (Å²) in [5.41, 5.74) is 0. The number of nitrogens with zero attached hydrogens (tertiary/aromatic N) is 1. The van der Waals surface area contributed by atoms with Gasteiger partial charge < -0.3 is 4.74 Å². The highest BCUT2D eigenvalue weighted by Gasteiger charge is 2.23. The molecule has 0 amide bonds. The first-order chi connectivity index (χ1) is 6.61. The first-order valence-electron chi connectivity index (χ1n) is 5.53. The standard InChI is InChI=1S/C11H21NO2/c1-4-10-5-6-12(7-10)8-11(13)14-9(2)3/h9-10H,4-8H2,1-3H3. The van der Waals surface area contributed by atoms with Gasteiger partial charge in [0.1, 0.15) is 0 Å². The van der Waals surface area contributed by atoms with Crippen LogP contribution in [0.3, 0.4) is 0 Å². The third kappa shape index (κ3) is 3.66. The van der Waals surface area contributed by atoms with Crippen LogP contribution in [-0.2, 0) is 9.53 Å². The Morgan fingerprint density at radius 1 is 1.57 bits per heavy atom. The molecule has 0 spiro atoms. The smallest absolute Gasteiger partial charge is 0.320 e. The molecule has 0 aromatic rings. The van der Waals surface area contributed by atoms with E-state index in [1.165, 1.54) is 12.8 Å². The second kappa shape index (κ2) is 5.35. The molecule has 0 bridgehead atoms. The molecule has 0 N–H and O–H groups in total. The molecule has 0 aromatic carbocycles. The van der Waals surface area contributed by atoms with Gasteiger partial charge in [0.05, 0.1) is 12.6 Å². The molecule has 0 radical (unpaired) electrons. The predicted octanol–water partition coefficient (Wildman–Crippen LogP) is 1.67. The molecule has 1 unspecified atom stereocenters. The Morgan fingerprint density at radius 3 is 2.79 bits per heavy atom. The van der Waals surface area contributed by atoms with Crippen LogP contribution in [0, 0.1) is 5.92 Å². The summed E-state index contributed by atoms with van der Waals surface area (Å²) in [4.78, 5) is 13.5. The molecule has 0 aliphatic carbocycles. The Hall–Kier alpha value is -0.570. The van der Waals surface area contributed by atoms with Gasteiger partial charge >= 0.3 is 5.97 Å². The Kier molecular flexibility index (Phi) is 4.39. The molecule has 1 aliphatic heterocycles. The van der Waals surface area contributed by atoms with E-state index in [0.717, 1.165) is 19.0 Å². The van der Waals surface area contributed by atoms with Gasteiger partial charge in [0.2, 0.25) is 0 Å². The molecular formula is C11H21NO2. The second-order valence-corrected chi connectivity index (χ2v) is 4.34. The number of ether oxygens (including phenoxy) is 1. The molecule has 1 rings (SSSR count). The van der Waals surface area contributed by atoms with E-state index in [1.807, 2.05) is 13.8 Å². The lowest BCUT2D eigenvalue weighted by Gasteiger charge is -2.15. The summed E-state index contributed by atoms with van der Waals surface area (Å²) in [7, 11) is 0. The van der Waals surface area contributed by atoms with Crippen LogP contribution < -0.4 is 0 Å². The molecule has 1 fully saturated rings. The van der Waals surface area contributed by atoms with Crippen LogP contribution in [0.1, 0.15) is 33.6 Å². The molecule has 1 heterocycles. The van der Waals surface area contributed by atoms with Crippen molar-refractivity contribution in [3.8, 4) is 0 Å². The number of carbonyl (C=O) groups excluding carboxylic acids is 1. The molecule has 1 saturated heterocycles. The van der Waals surface area contributed by atoms with Crippen molar-refractivity contribution in [2.24, 2.45) is 5.92 Å². The fourth-order valence-electron chi connectivity index (χ4n) is 1.87. The molecule has 3 heteroatoms. The Balaban J connectivity index is 2.22. The number of carbonyl (C=O) groups is 1. The predicted molar refractivity (Wildman–Crippen MR) is 56.1 cm³/mol. The number of rotatable bonds is 4. The van der Waals surface area contributed by atoms with E-state index in [9.17, 15) is 4.79 Å². The highest BCUT2D eigenvalue weighted by Crippen LogP contribution is 2.18. The monoisotopic (exact) mass is 199 g/mol. The molecule has 0 aromatic heterocycles. The van der Waals surface area contributed by atoms with Crippen molar-refractivity contribution in [2.75, 3.05) is 19.6 Å². The Bertz CT molecular complexity index is 192. The average molecular weight is 199 g/mol. The van der Waals surface area contributed by atoms with E-state index < -0.39 is 0 Å². The van der Waals surface area contributed by atoms with Gasteiger partial charge in [-0.15, -0.1) is 0 Å². The number of esters is 1. The van der Waals surface area contributed by atoms with Crippen molar-refractivity contribution in [2.45, 2.75) is 39.7 Å². The van der Waals surface area contributed by atoms with Crippen LogP contribution >= 0.6 is 0 Å². The lowest BCUT2D eigenvalue weighted by molar-refractivity contribution is -0.148. The van der Waals surface area contributed by atoms with Gasteiger partial charge in [0.15, 0.2) is 0 Å². The maximum Gasteiger partial charge on any atom is 0.320 e.